The van der Waals surface area contributed by atoms with Gasteiger partial charge in [-0.15, -0.1) is 0 Å². The number of rotatable bonds is 6. The monoisotopic (exact) mass is 317 g/mol. The highest BCUT2D eigenvalue weighted by Gasteiger charge is 2.11. The van der Waals surface area contributed by atoms with Gasteiger partial charge in [0, 0.05) is 5.56 Å². The minimum Gasteiger partial charge on any atom is -0.496 e. The standard InChI is InChI=1S/C19H22ClO2/c1-5-6-14-7-9-18(21-4)16(11-14)15-8-10-19(17(20)12-15)22-13(2)3/h5,7-13H,6H2,1-4H3. The summed E-state index contributed by atoms with van der Waals surface area (Å²) in [5, 5.41) is 0.612. The Morgan fingerprint density at radius 1 is 1.09 bits per heavy atom. The third-order valence-electron chi connectivity index (χ3n) is 3.31. The number of benzene rings is 2. The molecule has 0 atom stereocenters. The molecule has 0 unspecified atom stereocenters. The third kappa shape index (κ3) is 3.95. The number of hydrogen-bond acceptors (Lipinski definition) is 2. The summed E-state index contributed by atoms with van der Waals surface area (Å²) in [6.45, 7) is 6.02. The van der Waals surface area contributed by atoms with Crippen LogP contribution in [0.25, 0.3) is 11.1 Å². The maximum atomic E-state index is 6.35. The van der Waals surface area contributed by atoms with Crippen LogP contribution >= 0.6 is 11.6 Å². The average Bonchev–Trinajstić information content (AvgIpc) is 2.49. The van der Waals surface area contributed by atoms with Crippen LogP contribution in [0.2, 0.25) is 5.02 Å². The van der Waals surface area contributed by atoms with E-state index in [1.807, 2.05) is 38.1 Å². The van der Waals surface area contributed by atoms with E-state index < -0.39 is 0 Å². The zero-order valence-corrected chi connectivity index (χ0v) is 14.3. The van der Waals surface area contributed by atoms with Crippen molar-refractivity contribution in [1.82, 2.24) is 0 Å². The summed E-state index contributed by atoms with van der Waals surface area (Å²) in [5.74, 6) is 1.55. The maximum Gasteiger partial charge on any atom is 0.138 e. The predicted octanol–water partition coefficient (Wildman–Crippen LogP) is 5.57. The van der Waals surface area contributed by atoms with Gasteiger partial charge in [0.05, 0.1) is 18.2 Å². The highest BCUT2D eigenvalue weighted by Crippen LogP contribution is 2.36. The average molecular weight is 318 g/mol. The Morgan fingerprint density at radius 2 is 1.82 bits per heavy atom. The van der Waals surface area contributed by atoms with Gasteiger partial charge in [0.25, 0.3) is 0 Å². The van der Waals surface area contributed by atoms with Crippen LogP contribution in [0.1, 0.15) is 26.3 Å². The van der Waals surface area contributed by atoms with Crippen molar-refractivity contribution in [2.75, 3.05) is 7.11 Å². The van der Waals surface area contributed by atoms with Gasteiger partial charge in [0.15, 0.2) is 0 Å². The van der Waals surface area contributed by atoms with Gasteiger partial charge in [-0.2, -0.15) is 0 Å². The van der Waals surface area contributed by atoms with Gasteiger partial charge < -0.3 is 9.47 Å². The molecule has 0 saturated heterocycles. The molecule has 0 aliphatic carbocycles. The topological polar surface area (TPSA) is 18.5 Å². The highest BCUT2D eigenvalue weighted by atomic mass is 35.5. The van der Waals surface area contributed by atoms with Crippen LogP contribution in [-0.4, -0.2) is 13.2 Å². The second-order valence-corrected chi connectivity index (χ2v) is 5.87. The van der Waals surface area contributed by atoms with Crippen molar-refractivity contribution in [2.24, 2.45) is 0 Å². The first-order chi connectivity index (χ1) is 10.5. The Kier molecular flexibility index (Phi) is 5.73. The summed E-state index contributed by atoms with van der Waals surface area (Å²) in [4.78, 5) is 0. The highest BCUT2D eigenvalue weighted by molar-refractivity contribution is 6.32. The van der Waals surface area contributed by atoms with Gasteiger partial charge in [0.2, 0.25) is 0 Å². The molecule has 2 nitrogen and oxygen atoms in total. The molecule has 0 aromatic heterocycles. The van der Waals surface area contributed by atoms with E-state index in [0.717, 1.165) is 23.3 Å². The molecule has 0 saturated carbocycles. The molecule has 2 aromatic rings. The molecule has 22 heavy (non-hydrogen) atoms. The molecule has 0 amide bonds. The lowest BCUT2D eigenvalue weighted by Crippen LogP contribution is -2.05. The van der Waals surface area contributed by atoms with Gasteiger partial charge in [0.1, 0.15) is 11.5 Å². The zero-order chi connectivity index (χ0) is 16.1. The van der Waals surface area contributed by atoms with Gasteiger partial charge in [-0.25, -0.2) is 0 Å². The fourth-order valence-electron chi connectivity index (χ4n) is 2.36. The molecule has 0 aliphatic heterocycles. The van der Waals surface area contributed by atoms with E-state index >= 15 is 0 Å². The van der Waals surface area contributed by atoms with Crippen molar-refractivity contribution in [3.63, 3.8) is 0 Å². The molecule has 0 N–H and O–H groups in total. The first-order valence-corrected chi connectivity index (χ1v) is 7.84. The molecule has 0 bridgehead atoms. The normalized spacial score (nSPS) is 10.8. The van der Waals surface area contributed by atoms with Crippen LogP contribution < -0.4 is 9.47 Å². The van der Waals surface area contributed by atoms with Crippen LogP contribution in [0.4, 0.5) is 0 Å². The summed E-state index contributed by atoms with van der Waals surface area (Å²) in [7, 11) is 1.68. The molecular weight excluding hydrogens is 296 g/mol. The molecule has 0 aliphatic rings. The van der Waals surface area contributed by atoms with Crippen molar-refractivity contribution < 1.29 is 9.47 Å². The van der Waals surface area contributed by atoms with Crippen molar-refractivity contribution in [2.45, 2.75) is 33.3 Å². The van der Waals surface area contributed by atoms with E-state index in [0.29, 0.717) is 10.8 Å². The summed E-state index contributed by atoms with van der Waals surface area (Å²) < 4.78 is 11.2. The summed E-state index contributed by atoms with van der Waals surface area (Å²) in [6, 6.07) is 12.1. The summed E-state index contributed by atoms with van der Waals surface area (Å²) in [6.07, 6.45) is 3.17. The Balaban J connectivity index is 2.42. The quantitative estimate of drug-likeness (QED) is 0.693. The number of ether oxygens (including phenoxy) is 2. The van der Waals surface area contributed by atoms with E-state index in [1.165, 1.54) is 5.56 Å². The van der Waals surface area contributed by atoms with Crippen LogP contribution in [0.3, 0.4) is 0 Å². The van der Waals surface area contributed by atoms with Gasteiger partial charge in [-0.3, -0.25) is 0 Å². The van der Waals surface area contributed by atoms with E-state index in [2.05, 4.69) is 25.5 Å². The smallest absolute Gasteiger partial charge is 0.138 e. The Labute approximate surface area is 138 Å². The van der Waals surface area contributed by atoms with Crippen molar-refractivity contribution in [3.05, 3.63) is 53.4 Å². The van der Waals surface area contributed by atoms with Crippen LogP contribution in [0.15, 0.2) is 36.4 Å². The fourth-order valence-corrected chi connectivity index (χ4v) is 2.59. The van der Waals surface area contributed by atoms with E-state index in [-0.39, 0.29) is 6.10 Å². The lowest BCUT2D eigenvalue weighted by molar-refractivity contribution is 0.242. The Hall–Kier alpha value is -1.67. The molecule has 0 spiro atoms. The first kappa shape index (κ1) is 16.7. The van der Waals surface area contributed by atoms with Crippen LogP contribution in [-0.2, 0) is 6.42 Å². The summed E-state index contributed by atoms with van der Waals surface area (Å²) >= 11 is 6.35. The summed E-state index contributed by atoms with van der Waals surface area (Å²) in [5.41, 5.74) is 3.31. The molecule has 3 heteroatoms. The largest absolute Gasteiger partial charge is 0.496 e. The molecule has 2 aromatic carbocycles. The third-order valence-corrected chi connectivity index (χ3v) is 3.60. The lowest BCUT2D eigenvalue weighted by Gasteiger charge is -2.14. The maximum absolute atomic E-state index is 6.35. The minimum atomic E-state index is 0.0984. The SMILES string of the molecule is C[CH]Cc1ccc(OC)c(-c2ccc(OC(C)C)c(Cl)c2)c1. The molecular formula is C19H22ClO2. The van der Waals surface area contributed by atoms with Crippen molar-refractivity contribution in [1.29, 1.82) is 0 Å². The lowest BCUT2D eigenvalue weighted by atomic mass is 10.00. The zero-order valence-electron chi connectivity index (χ0n) is 13.5. The Morgan fingerprint density at radius 3 is 2.41 bits per heavy atom. The Bertz CT molecular complexity index is 635. The fraction of sp³-hybridized carbons (Fsp3) is 0.316. The first-order valence-electron chi connectivity index (χ1n) is 7.46. The molecule has 117 valence electrons. The van der Waals surface area contributed by atoms with E-state index in [4.69, 9.17) is 21.1 Å². The van der Waals surface area contributed by atoms with Gasteiger partial charge in [-0.1, -0.05) is 30.7 Å². The van der Waals surface area contributed by atoms with E-state index in [1.54, 1.807) is 7.11 Å². The number of hydrogen-bond donors (Lipinski definition) is 0. The number of halogens is 1. The van der Waals surface area contributed by atoms with Gasteiger partial charge >= 0.3 is 0 Å². The number of methoxy groups -OCH3 is 1. The second kappa shape index (κ2) is 7.55. The molecule has 0 heterocycles. The van der Waals surface area contributed by atoms with Gasteiger partial charge in [-0.05, 0) is 62.1 Å². The van der Waals surface area contributed by atoms with Crippen molar-refractivity contribution in [3.8, 4) is 22.6 Å². The van der Waals surface area contributed by atoms with Crippen LogP contribution in [0.5, 0.6) is 11.5 Å². The second-order valence-electron chi connectivity index (χ2n) is 5.46. The van der Waals surface area contributed by atoms with E-state index in [9.17, 15) is 0 Å². The molecule has 2 rings (SSSR count). The molecule has 1 radical (unpaired) electrons. The van der Waals surface area contributed by atoms with Crippen LogP contribution in [0, 0.1) is 6.42 Å². The predicted molar refractivity (Wildman–Crippen MR) is 92.9 cm³/mol. The van der Waals surface area contributed by atoms with Crippen molar-refractivity contribution >= 4 is 11.6 Å². The molecule has 0 fully saturated rings. The minimum absolute atomic E-state index is 0.0984.